The summed E-state index contributed by atoms with van der Waals surface area (Å²) in [5.41, 5.74) is 1.66. The molecule has 3 aliphatic rings. The smallest absolute Gasteiger partial charge is 0.453 e. The van der Waals surface area contributed by atoms with Gasteiger partial charge in [-0.1, -0.05) is 65.8 Å². The minimum absolute atomic E-state index is 0.157. The van der Waals surface area contributed by atoms with E-state index in [1.807, 2.05) is 46.4 Å². The Morgan fingerprint density at radius 3 is 2.15 bits per heavy atom. The second kappa shape index (κ2) is 18.1. The number of carbonyl (C=O) groups excluding carboxylic acids is 4. The van der Waals surface area contributed by atoms with E-state index in [-0.39, 0.29) is 40.9 Å². The number of amides is 5. The van der Waals surface area contributed by atoms with E-state index in [1.54, 1.807) is 46.3 Å². The van der Waals surface area contributed by atoms with Crippen molar-refractivity contribution < 1.29 is 41.8 Å². The quantitative estimate of drug-likeness (QED) is 0.206. The average molecular weight is 839 g/mol. The summed E-state index contributed by atoms with van der Waals surface area (Å²) >= 11 is 0. The van der Waals surface area contributed by atoms with Crippen molar-refractivity contribution >= 4 is 29.6 Å². The molecule has 0 radical (unpaired) electrons. The molecule has 0 unspecified atom stereocenters. The molecule has 4 heterocycles. The normalized spacial score (nSPS) is 19.9. The minimum Gasteiger partial charge on any atom is -0.453 e. The van der Waals surface area contributed by atoms with Crippen LogP contribution in [0.2, 0.25) is 0 Å². The summed E-state index contributed by atoms with van der Waals surface area (Å²) < 4.78 is 50.3. The number of urea groups is 1. The minimum atomic E-state index is -4.98. The van der Waals surface area contributed by atoms with Gasteiger partial charge in [0.15, 0.2) is 0 Å². The summed E-state index contributed by atoms with van der Waals surface area (Å²) in [6, 6.07) is 9.82. The molecule has 3 fully saturated rings. The van der Waals surface area contributed by atoms with Crippen molar-refractivity contribution in [3.05, 3.63) is 54.5 Å². The van der Waals surface area contributed by atoms with Gasteiger partial charge in [0.1, 0.15) is 17.6 Å². The maximum absolute atomic E-state index is 13.7. The van der Waals surface area contributed by atoms with Gasteiger partial charge in [0.2, 0.25) is 11.8 Å². The number of alkyl carbamates (subject to hydrolysis) is 1. The van der Waals surface area contributed by atoms with Crippen molar-refractivity contribution in [1.82, 2.24) is 34.9 Å². The van der Waals surface area contributed by atoms with E-state index in [0.717, 1.165) is 12.8 Å². The van der Waals surface area contributed by atoms with Crippen LogP contribution in [-0.4, -0.2) is 125 Å². The molecule has 3 aliphatic heterocycles. The lowest BCUT2D eigenvalue weighted by Gasteiger charge is -2.43. The first-order chi connectivity index (χ1) is 28.3. The summed E-state index contributed by atoms with van der Waals surface area (Å²) in [5, 5.41) is 5.40. The number of nitrogens with one attached hydrogen (secondary N) is 3. The van der Waals surface area contributed by atoms with Gasteiger partial charge in [0.25, 0.3) is 0 Å². The molecule has 14 nitrogen and oxygen atoms in total. The second-order valence-electron chi connectivity index (χ2n) is 17.4. The van der Waals surface area contributed by atoms with Crippen LogP contribution in [0.5, 0.6) is 5.75 Å². The van der Waals surface area contributed by atoms with Gasteiger partial charge in [-0.15, -0.1) is 13.2 Å². The zero-order chi connectivity index (χ0) is 43.5. The van der Waals surface area contributed by atoms with Crippen molar-refractivity contribution in [2.24, 2.45) is 17.3 Å². The lowest BCUT2D eigenvalue weighted by molar-refractivity contribution is -0.274. The zero-order valence-electron chi connectivity index (χ0n) is 35.4. The van der Waals surface area contributed by atoms with Crippen molar-refractivity contribution in [1.29, 1.82) is 0 Å². The molecule has 6 rings (SSSR count). The third-order valence-corrected chi connectivity index (χ3v) is 11.6. The van der Waals surface area contributed by atoms with Crippen molar-refractivity contribution in [2.45, 2.75) is 85.3 Å². The predicted octanol–water partition coefficient (Wildman–Crippen LogP) is 7.12. The number of hydrogen-bond donors (Lipinski definition) is 3. The van der Waals surface area contributed by atoms with E-state index in [0.29, 0.717) is 80.9 Å². The second-order valence-corrected chi connectivity index (χ2v) is 17.4. The molecular formula is C43H57F3N8O6. The third kappa shape index (κ3) is 10.5. The van der Waals surface area contributed by atoms with Crippen LogP contribution in [0.25, 0.3) is 22.4 Å². The van der Waals surface area contributed by atoms with Crippen LogP contribution >= 0.6 is 0 Å². The van der Waals surface area contributed by atoms with E-state index in [9.17, 15) is 32.3 Å². The fourth-order valence-electron chi connectivity index (χ4n) is 8.35. The molecule has 0 bridgehead atoms. The molecule has 17 heteroatoms. The number of H-pyrrole nitrogens is 1. The molecule has 326 valence electrons. The predicted molar refractivity (Wildman–Crippen MR) is 220 cm³/mol. The standard InChI is InChI=1S/C43H57F3N8O6/c1-26(2)36(50-41(58)59-7)38(55)54-25-27(3)22-34(54)37-47-24-33(49-37)29-10-8-28(9-11-29)32-13-12-30(23-35(32)60-43(44,45)46)48-40(57)53-20-18-51(19-21-53)31-14-16-52(17-15-31)39(56)42(4,5)6/h8-13,23-24,26-27,31,34,36H,14-22,25H2,1-7H3,(H,47,49)(H,48,57)(H,50,58)/t27-,34-,36-/m0/s1. The number of aromatic amines is 1. The summed E-state index contributed by atoms with van der Waals surface area (Å²) in [4.78, 5) is 67.4. The van der Waals surface area contributed by atoms with Crippen LogP contribution in [-0.2, 0) is 14.3 Å². The summed E-state index contributed by atoms with van der Waals surface area (Å²) in [6.07, 6.45) is -1.54. The highest BCUT2D eigenvalue weighted by Gasteiger charge is 2.40. The Morgan fingerprint density at radius 1 is 0.900 bits per heavy atom. The van der Waals surface area contributed by atoms with Crippen LogP contribution in [0.3, 0.4) is 0 Å². The number of ether oxygens (including phenoxy) is 2. The average Bonchev–Trinajstić information content (AvgIpc) is 3.86. The number of piperidine rings is 1. The van der Waals surface area contributed by atoms with Gasteiger partial charge in [-0.05, 0) is 48.8 Å². The van der Waals surface area contributed by atoms with Gasteiger partial charge in [-0.3, -0.25) is 14.5 Å². The molecule has 2 aromatic carbocycles. The number of halogens is 3. The number of aromatic nitrogens is 2. The van der Waals surface area contributed by atoms with E-state index >= 15 is 0 Å². The molecule has 3 N–H and O–H groups in total. The lowest BCUT2D eigenvalue weighted by Crippen LogP contribution is -2.56. The fourth-order valence-corrected chi connectivity index (χ4v) is 8.35. The van der Waals surface area contributed by atoms with E-state index in [1.165, 1.54) is 19.2 Å². The van der Waals surface area contributed by atoms with Gasteiger partial charge >= 0.3 is 18.5 Å². The van der Waals surface area contributed by atoms with Crippen molar-refractivity contribution in [3.63, 3.8) is 0 Å². The largest absolute Gasteiger partial charge is 0.573 e. The van der Waals surface area contributed by atoms with Gasteiger partial charge < -0.3 is 39.8 Å². The highest BCUT2D eigenvalue weighted by Crippen LogP contribution is 2.39. The summed E-state index contributed by atoms with van der Waals surface area (Å²) in [7, 11) is 1.25. The van der Waals surface area contributed by atoms with Gasteiger partial charge in [-0.2, -0.15) is 0 Å². The number of carbonyl (C=O) groups is 4. The van der Waals surface area contributed by atoms with Crippen LogP contribution in [0.1, 0.15) is 72.7 Å². The Morgan fingerprint density at radius 2 is 1.55 bits per heavy atom. The summed E-state index contributed by atoms with van der Waals surface area (Å²) in [6.45, 7) is 15.7. The topological polar surface area (TPSA) is 152 Å². The Balaban J connectivity index is 1.09. The van der Waals surface area contributed by atoms with E-state index in [4.69, 9.17) is 9.72 Å². The third-order valence-electron chi connectivity index (χ3n) is 11.6. The van der Waals surface area contributed by atoms with Crippen LogP contribution in [0.4, 0.5) is 28.4 Å². The number of anilines is 1. The number of piperazine rings is 1. The number of benzene rings is 2. The first-order valence-corrected chi connectivity index (χ1v) is 20.6. The highest BCUT2D eigenvalue weighted by molar-refractivity contribution is 5.91. The number of imidazole rings is 1. The highest BCUT2D eigenvalue weighted by atomic mass is 19.4. The van der Waals surface area contributed by atoms with Crippen LogP contribution in [0.15, 0.2) is 48.7 Å². The number of rotatable bonds is 9. The van der Waals surface area contributed by atoms with Crippen molar-refractivity contribution in [3.8, 4) is 28.1 Å². The molecule has 3 aromatic rings. The summed E-state index contributed by atoms with van der Waals surface area (Å²) in [5.74, 6) is 0.0538. The number of nitrogens with zero attached hydrogens (tertiary/aromatic N) is 5. The Hall–Kier alpha value is -5.32. The molecule has 5 amide bonds. The van der Waals surface area contributed by atoms with E-state index < -0.39 is 35.7 Å². The zero-order valence-corrected chi connectivity index (χ0v) is 35.4. The molecular weight excluding hydrogens is 782 g/mol. The SMILES string of the molecule is COC(=O)N[C@H](C(=O)N1C[C@@H](C)C[C@H]1c1nc(-c2ccc(-c3ccc(NC(=O)N4CCN(C5CCN(C(=O)C(C)(C)C)CC5)CC4)cc3OC(F)(F)F)cc2)c[nH]1)C(C)C. The Labute approximate surface area is 349 Å². The van der Waals surface area contributed by atoms with Gasteiger partial charge in [-0.25, -0.2) is 14.6 Å². The van der Waals surface area contributed by atoms with Gasteiger partial charge in [0, 0.05) is 86.3 Å². The van der Waals surface area contributed by atoms with Crippen molar-refractivity contribution in [2.75, 3.05) is 58.2 Å². The lowest BCUT2D eigenvalue weighted by atomic mass is 9.92. The first-order valence-electron chi connectivity index (χ1n) is 20.6. The van der Waals surface area contributed by atoms with Gasteiger partial charge in [0.05, 0.1) is 18.8 Å². The number of hydrogen-bond acceptors (Lipinski definition) is 8. The maximum Gasteiger partial charge on any atom is 0.573 e. The fraction of sp³-hybridized carbons (Fsp3) is 0.558. The molecule has 1 aromatic heterocycles. The number of alkyl halides is 3. The maximum atomic E-state index is 13.7. The Kier molecular flexibility index (Phi) is 13.4. The van der Waals surface area contributed by atoms with Crippen LogP contribution in [0, 0.1) is 17.3 Å². The molecule has 3 saturated heterocycles. The molecule has 0 aliphatic carbocycles. The van der Waals surface area contributed by atoms with E-state index in [2.05, 4.69) is 25.3 Å². The number of likely N-dealkylation sites (tertiary alicyclic amines) is 2. The Bertz CT molecular complexity index is 2000. The monoisotopic (exact) mass is 838 g/mol. The first kappa shape index (κ1) is 44.2. The van der Waals surface area contributed by atoms with Crippen LogP contribution < -0.4 is 15.4 Å². The molecule has 0 saturated carbocycles. The number of methoxy groups -OCH3 is 1. The molecule has 3 atom stereocenters. The molecule has 0 spiro atoms. The molecule has 60 heavy (non-hydrogen) atoms.